The maximum Gasteiger partial charge on any atom is 0.0439 e. The van der Waals surface area contributed by atoms with Crippen LogP contribution in [0.1, 0.15) is 18.4 Å². The molecule has 1 aromatic carbocycles. The highest BCUT2D eigenvalue weighted by molar-refractivity contribution is 6.33. The SMILES string of the molecule is C=CCCCc1cc(Cl)ccc1Cl. The minimum absolute atomic E-state index is 0.748. The Bertz CT molecular complexity index is 292. The van der Waals surface area contributed by atoms with Crippen LogP contribution in [0.3, 0.4) is 0 Å². The minimum atomic E-state index is 0.748. The molecule has 0 unspecified atom stereocenters. The Labute approximate surface area is 89.2 Å². The fourth-order valence-corrected chi connectivity index (χ4v) is 1.58. The number of rotatable bonds is 4. The molecule has 0 bridgehead atoms. The second kappa shape index (κ2) is 5.31. The molecule has 0 radical (unpaired) electrons. The van der Waals surface area contributed by atoms with E-state index in [-0.39, 0.29) is 0 Å². The normalized spacial score (nSPS) is 10.0. The first-order valence-electron chi connectivity index (χ1n) is 4.29. The summed E-state index contributed by atoms with van der Waals surface area (Å²) in [4.78, 5) is 0. The molecule has 70 valence electrons. The second-order valence-corrected chi connectivity index (χ2v) is 3.76. The molecule has 0 heterocycles. The molecule has 2 heteroatoms. The van der Waals surface area contributed by atoms with E-state index >= 15 is 0 Å². The molecule has 0 aliphatic heterocycles. The smallest absolute Gasteiger partial charge is 0.0439 e. The largest absolute Gasteiger partial charge is 0.103 e. The summed E-state index contributed by atoms with van der Waals surface area (Å²) in [6.07, 6.45) is 4.97. The van der Waals surface area contributed by atoms with Gasteiger partial charge in [-0.15, -0.1) is 6.58 Å². The zero-order valence-corrected chi connectivity index (χ0v) is 8.91. The van der Waals surface area contributed by atoms with Crippen LogP contribution in [0, 0.1) is 0 Å². The molecule has 0 spiro atoms. The zero-order chi connectivity index (χ0) is 9.68. The number of hydrogen-bond donors (Lipinski definition) is 0. The maximum atomic E-state index is 5.99. The average molecular weight is 215 g/mol. The van der Waals surface area contributed by atoms with Crippen molar-refractivity contribution in [2.45, 2.75) is 19.3 Å². The molecule has 0 saturated carbocycles. The molecule has 1 aromatic rings. The fraction of sp³-hybridized carbons (Fsp3) is 0.273. The third kappa shape index (κ3) is 3.41. The molecule has 0 amide bonds. The number of unbranched alkanes of at least 4 members (excludes halogenated alkanes) is 1. The van der Waals surface area contributed by atoms with E-state index < -0.39 is 0 Å². The summed E-state index contributed by atoms with van der Waals surface area (Å²) >= 11 is 11.8. The monoisotopic (exact) mass is 214 g/mol. The van der Waals surface area contributed by atoms with Gasteiger partial charge in [-0.25, -0.2) is 0 Å². The minimum Gasteiger partial charge on any atom is -0.103 e. The quantitative estimate of drug-likeness (QED) is 0.512. The summed E-state index contributed by atoms with van der Waals surface area (Å²) in [5.74, 6) is 0. The third-order valence-electron chi connectivity index (χ3n) is 1.86. The highest BCUT2D eigenvalue weighted by atomic mass is 35.5. The molecule has 0 aliphatic carbocycles. The Morgan fingerprint density at radius 2 is 2.08 bits per heavy atom. The van der Waals surface area contributed by atoms with Crippen molar-refractivity contribution < 1.29 is 0 Å². The lowest BCUT2D eigenvalue weighted by Crippen LogP contribution is -1.86. The Balaban J connectivity index is 2.64. The molecule has 0 nitrogen and oxygen atoms in total. The van der Waals surface area contributed by atoms with Crippen LogP contribution >= 0.6 is 23.2 Å². The van der Waals surface area contributed by atoms with E-state index in [1.165, 1.54) is 0 Å². The van der Waals surface area contributed by atoms with E-state index in [1.54, 1.807) is 6.07 Å². The van der Waals surface area contributed by atoms with Gasteiger partial charge in [-0.3, -0.25) is 0 Å². The molecule has 0 fully saturated rings. The van der Waals surface area contributed by atoms with Crippen molar-refractivity contribution >= 4 is 23.2 Å². The van der Waals surface area contributed by atoms with Crippen molar-refractivity contribution in [2.24, 2.45) is 0 Å². The van der Waals surface area contributed by atoms with Gasteiger partial charge in [0.1, 0.15) is 0 Å². The Hall–Kier alpha value is -0.460. The molecule has 0 N–H and O–H groups in total. The molecular weight excluding hydrogens is 203 g/mol. The Kier molecular flexibility index (Phi) is 4.34. The van der Waals surface area contributed by atoms with Gasteiger partial charge < -0.3 is 0 Å². The molecule has 1 rings (SSSR count). The lowest BCUT2D eigenvalue weighted by atomic mass is 10.1. The second-order valence-electron chi connectivity index (χ2n) is 2.92. The predicted molar refractivity (Wildman–Crippen MR) is 59.6 cm³/mol. The first-order chi connectivity index (χ1) is 6.24. The predicted octanol–water partition coefficient (Wildman–Crippen LogP) is 4.50. The van der Waals surface area contributed by atoms with Gasteiger partial charge in [0.15, 0.2) is 0 Å². The van der Waals surface area contributed by atoms with Crippen molar-refractivity contribution in [2.75, 3.05) is 0 Å². The molecule has 0 aliphatic rings. The summed E-state index contributed by atoms with van der Waals surface area (Å²) in [6.45, 7) is 3.67. The van der Waals surface area contributed by atoms with Crippen LogP contribution in [0.2, 0.25) is 10.0 Å². The summed E-state index contributed by atoms with van der Waals surface area (Å²) in [5, 5.41) is 1.55. The van der Waals surface area contributed by atoms with Gasteiger partial charge in [0.05, 0.1) is 0 Å². The van der Waals surface area contributed by atoms with Crippen molar-refractivity contribution in [3.8, 4) is 0 Å². The van der Waals surface area contributed by atoms with Crippen molar-refractivity contribution in [1.82, 2.24) is 0 Å². The van der Waals surface area contributed by atoms with Crippen LogP contribution in [0.5, 0.6) is 0 Å². The Morgan fingerprint density at radius 3 is 2.77 bits per heavy atom. The summed E-state index contributed by atoms with van der Waals surface area (Å²) in [6, 6.07) is 5.57. The molecule has 0 atom stereocenters. The number of aryl methyl sites for hydroxylation is 1. The Morgan fingerprint density at radius 1 is 1.31 bits per heavy atom. The van der Waals surface area contributed by atoms with Crippen LogP contribution in [0.25, 0.3) is 0 Å². The molecule has 0 saturated heterocycles. The van der Waals surface area contributed by atoms with E-state index in [4.69, 9.17) is 23.2 Å². The van der Waals surface area contributed by atoms with Gasteiger partial charge in [0.25, 0.3) is 0 Å². The van der Waals surface area contributed by atoms with Crippen molar-refractivity contribution in [3.63, 3.8) is 0 Å². The van der Waals surface area contributed by atoms with Crippen LogP contribution < -0.4 is 0 Å². The lowest BCUT2D eigenvalue weighted by molar-refractivity contribution is 0.844. The van der Waals surface area contributed by atoms with Crippen LogP contribution in [0.15, 0.2) is 30.9 Å². The zero-order valence-electron chi connectivity index (χ0n) is 7.39. The molecule has 0 aromatic heterocycles. The highest BCUT2D eigenvalue weighted by Gasteiger charge is 2.00. The van der Waals surface area contributed by atoms with Gasteiger partial charge in [0, 0.05) is 10.0 Å². The first-order valence-corrected chi connectivity index (χ1v) is 5.04. The molecular formula is C11H12Cl2. The maximum absolute atomic E-state index is 5.99. The van der Waals surface area contributed by atoms with E-state index in [0.29, 0.717) is 0 Å². The number of halogens is 2. The molecule has 13 heavy (non-hydrogen) atoms. The van der Waals surface area contributed by atoms with Gasteiger partial charge in [-0.1, -0.05) is 29.3 Å². The van der Waals surface area contributed by atoms with Crippen molar-refractivity contribution in [3.05, 3.63) is 46.5 Å². The topological polar surface area (TPSA) is 0 Å². The van der Waals surface area contributed by atoms with Crippen molar-refractivity contribution in [1.29, 1.82) is 0 Å². The van der Waals surface area contributed by atoms with E-state index in [0.717, 1.165) is 34.9 Å². The van der Waals surface area contributed by atoms with Crippen LogP contribution in [-0.2, 0) is 6.42 Å². The van der Waals surface area contributed by atoms with Crippen LogP contribution in [0.4, 0.5) is 0 Å². The van der Waals surface area contributed by atoms with E-state index in [2.05, 4.69) is 6.58 Å². The van der Waals surface area contributed by atoms with Gasteiger partial charge in [-0.2, -0.15) is 0 Å². The number of allylic oxidation sites excluding steroid dienone is 1. The number of benzene rings is 1. The first kappa shape index (κ1) is 10.6. The highest BCUT2D eigenvalue weighted by Crippen LogP contribution is 2.22. The van der Waals surface area contributed by atoms with E-state index in [1.807, 2.05) is 18.2 Å². The van der Waals surface area contributed by atoms with Crippen LogP contribution in [-0.4, -0.2) is 0 Å². The van der Waals surface area contributed by atoms with E-state index in [9.17, 15) is 0 Å². The van der Waals surface area contributed by atoms with Gasteiger partial charge >= 0.3 is 0 Å². The van der Waals surface area contributed by atoms with Gasteiger partial charge in [-0.05, 0) is 43.0 Å². The summed E-state index contributed by atoms with van der Waals surface area (Å²) in [5.41, 5.74) is 1.12. The lowest BCUT2D eigenvalue weighted by Gasteiger charge is -2.03. The summed E-state index contributed by atoms with van der Waals surface area (Å²) < 4.78 is 0. The standard InChI is InChI=1S/C11H12Cl2/c1-2-3-4-5-9-8-10(12)6-7-11(9)13/h2,6-8H,1,3-5H2. The van der Waals surface area contributed by atoms with Gasteiger partial charge in [0.2, 0.25) is 0 Å². The third-order valence-corrected chi connectivity index (χ3v) is 2.47. The fourth-order valence-electron chi connectivity index (χ4n) is 1.17. The summed E-state index contributed by atoms with van der Waals surface area (Å²) in [7, 11) is 0. The number of hydrogen-bond acceptors (Lipinski definition) is 0. The average Bonchev–Trinajstić information content (AvgIpc) is 2.11.